The van der Waals surface area contributed by atoms with Crippen molar-refractivity contribution in [3.8, 4) is 0 Å². The van der Waals surface area contributed by atoms with Crippen molar-refractivity contribution in [2.75, 3.05) is 0 Å². The van der Waals surface area contributed by atoms with E-state index in [1.807, 2.05) is 0 Å². The molecule has 1 N–H and O–H groups in total. The van der Waals surface area contributed by atoms with Crippen LogP contribution in [-0.2, 0) is 0 Å². The molecule has 110 valence electrons. The zero-order chi connectivity index (χ0) is 13.8. The highest BCUT2D eigenvalue weighted by Crippen LogP contribution is 2.62. The first kappa shape index (κ1) is 13.9. The highest BCUT2D eigenvalue weighted by Gasteiger charge is 2.59. The van der Waals surface area contributed by atoms with Crippen LogP contribution in [-0.4, -0.2) is 12.1 Å². The van der Waals surface area contributed by atoms with Crippen LogP contribution >= 0.6 is 0 Å². The molecule has 3 aliphatic carbocycles. The van der Waals surface area contributed by atoms with E-state index in [-0.39, 0.29) is 0 Å². The molecule has 3 saturated carbocycles. The third-order valence-electron chi connectivity index (χ3n) is 7.40. The summed E-state index contributed by atoms with van der Waals surface area (Å²) in [7, 11) is 0. The summed E-state index contributed by atoms with van der Waals surface area (Å²) in [6.45, 7) is 12.5. The molecule has 19 heavy (non-hydrogen) atoms. The first-order chi connectivity index (χ1) is 8.88. The maximum Gasteiger partial charge on any atom is 0.0177 e. The quantitative estimate of drug-likeness (QED) is 0.783. The topological polar surface area (TPSA) is 12.0 Å². The third-order valence-corrected chi connectivity index (χ3v) is 7.40. The molecule has 1 heteroatoms. The van der Waals surface area contributed by atoms with Crippen LogP contribution in [0.3, 0.4) is 0 Å². The van der Waals surface area contributed by atoms with Crippen LogP contribution in [0.25, 0.3) is 0 Å². The minimum absolute atomic E-state index is 0.511. The molecule has 0 spiro atoms. The molecule has 3 aliphatic rings. The fraction of sp³-hybridized carbons (Fsp3) is 1.00. The van der Waals surface area contributed by atoms with Gasteiger partial charge in [-0.25, -0.2) is 0 Å². The normalized spacial score (nSPS) is 51.9. The lowest BCUT2D eigenvalue weighted by Gasteiger charge is -2.45. The Balaban J connectivity index is 1.73. The van der Waals surface area contributed by atoms with Gasteiger partial charge in [-0.15, -0.1) is 0 Å². The number of hydrogen-bond acceptors (Lipinski definition) is 1. The first-order valence-electron chi connectivity index (χ1n) is 8.64. The second kappa shape index (κ2) is 4.48. The fourth-order valence-corrected chi connectivity index (χ4v) is 5.99. The Kier molecular flexibility index (Phi) is 3.28. The van der Waals surface area contributed by atoms with E-state index in [0.29, 0.717) is 10.8 Å². The highest BCUT2D eigenvalue weighted by molar-refractivity contribution is 5.13. The monoisotopic (exact) mass is 263 g/mol. The van der Waals surface area contributed by atoms with Crippen molar-refractivity contribution in [2.45, 2.75) is 85.2 Å². The van der Waals surface area contributed by atoms with Crippen LogP contribution in [0.4, 0.5) is 0 Å². The molecular weight excluding hydrogens is 230 g/mol. The summed E-state index contributed by atoms with van der Waals surface area (Å²) in [5, 5.41) is 4.15. The van der Waals surface area contributed by atoms with Gasteiger partial charge in [0.25, 0.3) is 0 Å². The van der Waals surface area contributed by atoms with Crippen molar-refractivity contribution < 1.29 is 0 Å². The molecule has 6 unspecified atom stereocenters. The van der Waals surface area contributed by atoms with E-state index < -0.39 is 0 Å². The zero-order valence-electron chi connectivity index (χ0n) is 13.6. The van der Waals surface area contributed by atoms with Gasteiger partial charge in [0.05, 0.1) is 0 Å². The SMILES string of the molecule is CCC1CCC(NC2C3(C)CCC(C3)C2(C)C)C1C. The molecule has 0 saturated heterocycles. The summed E-state index contributed by atoms with van der Waals surface area (Å²) in [4.78, 5) is 0. The van der Waals surface area contributed by atoms with Crippen LogP contribution in [0.15, 0.2) is 0 Å². The molecule has 0 radical (unpaired) electrons. The lowest BCUT2D eigenvalue weighted by Crippen LogP contribution is -2.54. The second-order valence-electron chi connectivity index (χ2n) is 8.73. The van der Waals surface area contributed by atoms with Gasteiger partial charge in [-0.3, -0.25) is 0 Å². The Morgan fingerprint density at radius 2 is 1.84 bits per heavy atom. The standard InChI is InChI=1S/C18H33N/c1-6-13-7-8-15(12(13)2)19-16-17(3,4)14-9-10-18(16,5)11-14/h12-16,19H,6-11H2,1-5H3. The van der Waals surface area contributed by atoms with Crippen LogP contribution < -0.4 is 5.32 Å². The lowest BCUT2D eigenvalue weighted by molar-refractivity contribution is 0.0919. The Morgan fingerprint density at radius 1 is 1.11 bits per heavy atom. The summed E-state index contributed by atoms with van der Waals surface area (Å²) in [6, 6.07) is 1.53. The Morgan fingerprint density at radius 3 is 2.37 bits per heavy atom. The first-order valence-corrected chi connectivity index (χ1v) is 8.64. The van der Waals surface area contributed by atoms with Crippen LogP contribution in [0.5, 0.6) is 0 Å². The summed E-state index contributed by atoms with van der Waals surface area (Å²) in [6.07, 6.45) is 8.62. The molecular formula is C18H33N. The van der Waals surface area contributed by atoms with E-state index in [2.05, 4.69) is 39.9 Å². The summed E-state index contributed by atoms with van der Waals surface area (Å²) < 4.78 is 0. The smallest absolute Gasteiger partial charge is 0.0177 e. The van der Waals surface area contributed by atoms with E-state index in [0.717, 1.165) is 29.8 Å². The molecule has 2 bridgehead atoms. The van der Waals surface area contributed by atoms with Crippen molar-refractivity contribution in [2.24, 2.45) is 28.6 Å². The van der Waals surface area contributed by atoms with Gasteiger partial charge in [-0.05, 0) is 60.7 Å². The average Bonchev–Trinajstić information content (AvgIpc) is 2.95. The van der Waals surface area contributed by atoms with Gasteiger partial charge >= 0.3 is 0 Å². The van der Waals surface area contributed by atoms with Crippen molar-refractivity contribution in [3.05, 3.63) is 0 Å². The Labute approximate surface area is 119 Å². The van der Waals surface area contributed by atoms with Crippen LogP contribution in [0.2, 0.25) is 0 Å². The van der Waals surface area contributed by atoms with E-state index in [4.69, 9.17) is 0 Å². The molecule has 3 rings (SSSR count). The molecule has 1 nitrogen and oxygen atoms in total. The maximum atomic E-state index is 4.15. The number of rotatable bonds is 3. The summed E-state index contributed by atoms with van der Waals surface area (Å²) in [5.41, 5.74) is 1.09. The minimum Gasteiger partial charge on any atom is -0.310 e. The molecule has 0 aromatic carbocycles. The molecule has 3 fully saturated rings. The van der Waals surface area contributed by atoms with Crippen molar-refractivity contribution in [3.63, 3.8) is 0 Å². The van der Waals surface area contributed by atoms with Crippen molar-refractivity contribution in [1.82, 2.24) is 5.32 Å². The minimum atomic E-state index is 0.511. The van der Waals surface area contributed by atoms with Gasteiger partial charge in [-0.1, -0.05) is 41.0 Å². The van der Waals surface area contributed by atoms with Gasteiger partial charge in [0.1, 0.15) is 0 Å². The Hall–Kier alpha value is -0.0400. The van der Waals surface area contributed by atoms with Crippen molar-refractivity contribution >= 4 is 0 Å². The molecule has 0 aromatic heterocycles. The van der Waals surface area contributed by atoms with Gasteiger partial charge in [0.2, 0.25) is 0 Å². The van der Waals surface area contributed by atoms with E-state index in [1.54, 1.807) is 0 Å². The third kappa shape index (κ3) is 1.99. The molecule has 0 amide bonds. The maximum absolute atomic E-state index is 4.15. The zero-order valence-corrected chi connectivity index (χ0v) is 13.6. The van der Waals surface area contributed by atoms with E-state index in [9.17, 15) is 0 Å². The molecule has 6 atom stereocenters. The summed E-state index contributed by atoms with van der Waals surface area (Å²) in [5.74, 6) is 2.81. The molecule has 0 aromatic rings. The molecule has 0 heterocycles. The number of hydrogen-bond donors (Lipinski definition) is 1. The van der Waals surface area contributed by atoms with E-state index in [1.165, 1.54) is 38.5 Å². The largest absolute Gasteiger partial charge is 0.310 e. The predicted octanol–water partition coefficient (Wildman–Crippen LogP) is 4.62. The van der Waals surface area contributed by atoms with Crippen LogP contribution in [0.1, 0.15) is 73.1 Å². The second-order valence-corrected chi connectivity index (χ2v) is 8.73. The van der Waals surface area contributed by atoms with Gasteiger partial charge in [0, 0.05) is 12.1 Å². The van der Waals surface area contributed by atoms with Crippen LogP contribution in [0, 0.1) is 28.6 Å². The Bertz CT molecular complexity index is 343. The average molecular weight is 263 g/mol. The van der Waals surface area contributed by atoms with Gasteiger partial charge in [-0.2, -0.15) is 0 Å². The van der Waals surface area contributed by atoms with E-state index >= 15 is 0 Å². The summed E-state index contributed by atoms with van der Waals surface area (Å²) >= 11 is 0. The lowest BCUT2D eigenvalue weighted by atomic mass is 9.68. The highest BCUT2D eigenvalue weighted by atomic mass is 15.0. The van der Waals surface area contributed by atoms with Crippen molar-refractivity contribution in [1.29, 1.82) is 0 Å². The molecule has 0 aliphatic heterocycles. The van der Waals surface area contributed by atoms with Gasteiger partial charge in [0.15, 0.2) is 0 Å². The van der Waals surface area contributed by atoms with Gasteiger partial charge < -0.3 is 5.32 Å². The fourth-order valence-electron chi connectivity index (χ4n) is 5.99. The number of fused-ring (bicyclic) bond motifs is 2. The predicted molar refractivity (Wildman–Crippen MR) is 82.1 cm³/mol. The number of nitrogens with one attached hydrogen (secondary N) is 1.